The van der Waals surface area contributed by atoms with Crippen LogP contribution in [0.4, 0.5) is 0 Å². The van der Waals surface area contributed by atoms with Gasteiger partial charge in [-0.15, -0.1) is 11.3 Å². The lowest BCUT2D eigenvalue weighted by Crippen LogP contribution is -2.41. The largest absolute Gasteiger partial charge is 0.497 e. The van der Waals surface area contributed by atoms with E-state index in [1.165, 1.54) is 5.56 Å². The number of aryl methyl sites for hydroxylation is 1. The summed E-state index contributed by atoms with van der Waals surface area (Å²) in [5, 5.41) is 10.4. The summed E-state index contributed by atoms with van der Waals surface area (Å²) in [6.07, 6.45) is 8.90. The van der Waals surface area contributed by atoms with Gasteiger partial charge in [-0.25, -0.2) is 0 Å². The molecule has 0 bridgehead atoms. The number of aromatic nitrogens is 2. The fraction of sp³-hybridized carbons (Fsp3) is 0.444. The Balaban J connectivity index is 1.35. The number of piperidine rings is 1. The summed E-state index contributed by atoms with van der Waals surface area (Å²) in [5.41, 5.74) is 4.08. The van der Waals surface area contributed by atoms with Crippen LogP contribution in [0.15, 0.2) is 42.2 Å². The van der Waals surface area contributed by atoms with Gasteiger partial charge in [0, 0.05) is 24.5 Å². The second-order valence-electron chi connectivity index (χ2n) is 8.89. The monoisotopic (exact) mass is 477 g/mol. The fourth-order valence-electron chi connectivity index (χ4n) is 4.91. The summed E-state index contributed by atoms with van der Waals surface area (Å²) in [6.45, 7) is 2.66. The van der Waals surface area contributed by atoms with E-state index >= 15 is 0 Å². The average Bonchev–Trinajstić information content (AvgIpc) is 3.37. The van der Waals surface area contributed by atoms with E-state index in [2.05, 4.69) is 38.8 Å². The molecular weight excluding hydrogens is 446 g/mol. The van der Waals surface area contributed by atoms with Crippen LogP contribution < -0.4 is 4.74 Å². The van der Waals surface area contributed by atoms with Crippen LogP contribution in [-0.4, -0.2) is 52.7 Å². The third-order valence-electron chi connectivity index (χ3n) is 6.71. The molecule has 0 amide bonds. The Bertz CT molecular complexity index is 1150. The van der Waals surface area contributed by atoms with Crippen LogP contribution in [-0.2, 0) is 11.2 Å². The van der Waals surface area contributed by atoms with E-state index in [9.17, 15) is 9.90 Å². The number of likely N-dealkylation sites (tertiary alicyclic amines) is 1. The van der Waals surface area contributed by atoms with Crippen molar-refractivity contribution in [2.45, 2.75) is 38.5 Å². The molecule has 2 unspecified atom stereocenters. The number of thiazole rings is 1. The van der Waals surface area contributed by atoms with E-state index in [4.69, 9.17) is 4.74 Å². The maximum absolute atomic E-state index is 11.3. The van der Waals surface area contributed by atoms with Gasteiger partial charge in [0.25, 0.3) is 0 Å². The molecule has 0 radical (unpaired) electrons. The van der Waals surface area contributed by atoms with Crippen LogP contribution in [0.25, 0.3) is 10.9 Å². The van der Waals surface area contributed by atoms with E-state index in [-0.39, 0.29) is 6.42 Å². The maximum Gasteiger partial charge on any atom is 0.303 e. The standard InChI is InChI=1S/C27H31N3O3S/c1-33-23-8-9-26-25(16-23)21(11-13-29-26)5-2-4-20-12-15-30(18-22(20)7-10-27(31)32)14-3-6-24-17-28-19-34-24/h8-9,11,13,16-17,19-20,22H,2,4-5,7,10,12,14-15,18H2,1H3,(H,31,32). The van der Waals surface area contributed by atoms with Gasteiger partial charge in [0.1, 0.15) is 5.75 Å². The summed E-state index contributed by atoms with van der Waals surface area (Å²) < 4.78 is 5.40. The fourth-order valence-corrected chi connectivity index (χ4v) is 5.40. The highest BCUT2D eigenvalue weighted by Crippen LogP contribution is 2.32. The Morgan fingerprint density at radius 1 is 1.29 bits per heavy atom. The lowest BCUT2D eigenvalue weighted by atomic mass is 9.79. The van der Waals surface area contributed by atoms with E-state index in [1.54, 1.807) is 30.2 Å². The molecule has 4 rings (SSSR count). The normalized spacial score (nSPS) is 18.4. The smallest absolute Gasteiger partial charge is 0.303 e. The quantitative estimate of drug-likeness (QED) is 0.443. The number of carboxylic acids is 1. The van der Waals surface area contributed by atoms with Crippen LogP contribution in [0, 0.1) is 23.7 Å². The number of aliphatic carboxylic acids is 1. The number of nitrogens with zero attached hydrogens (tertiary/aromatic N) is 3. The van der Waals surface area contributed by atoms with E-state index in [1.807, 2.05) is 18.3 Å². The first kappa shape index (κ1) is 24.2. The molecule has 0 saturated carbocycles. The summed E-state index contributed by atoms with van der Waals surface area (Å²) in [4.78, 5) is 23.2. The van der Waals surface area contributed by atoms with Crippen LogP contribution in [0.2, 0.25) is 0 Å². The molecule has 178 valence electrons. The zero-order chi connectivity index (χ0) is 23.8. The number of ether oxygens (including phenoxy) is 1. The van der Waals surface area contributed by atoms with Crippen molar-refractivity contribution in [3.63, 3.8) is 0 Å². The molecule has 34 heavy (non-hydrogen) atoms. The van der Waals surface area contributed by atoms with Crippen LogP contribution >= 0.6 is 11.3 Å². The molecule has 6 nitrogen and oxygen atoms in total. The Labute approximate surface area is 205 Å². The van der Waals surface area contributed by atoms with Gasteiger partial charge in [-0.3, -0.25) is 19.7 Å². The first-order valence-electron chi connectivity index (χ1n) is 11.9. The van der Waals surface area contributed by atoms with Crippen molar-refractivity contribution in [3.05, 3.63) is 52.6 Å². The molecule has 0 aliphatic carbocycles. The van der Waals surface area contributed by atoms with E-state index in [0.717, 1.165) is 73.3 Å². The molecule has 2 atom stereocenters. The average molecular weight is 478 g/mol. The minimum absolute atomic E-state index is 0.232. The number of methoxy groups -OCH3 is 1. The van der Waals surface area contributed by atoms with Crippen molar-refractivity contribution < 1.29 is 14.6 Å². The third-order valence-corrected chi connectivity index (χ3v) is 7.40. The topological polar surface area (TPSA) is 75.5 Å². The van der Waals surface area contributed by atoms with Crippen molar-refractivity contribution in [2.24, 2.45) is 11.8 Å². The molecular formula is C27H31N3O3S. The SMILES string of the molecule is COc1ccc2nccc(CCCC3CCN(CC#Cc4cncs4)CC3CCC(=O)O)c2c1. The molecule has 1 saturated heterocycles. The van der Waals surface area contributed by atoms with Gasteiger partial charge >= 0.3 is 5.97 Å². The third kappa shape index (κ3) is 6.55. The molecule has 1 aliphatic heterocycles. The van der Waals surface area contributed by atoms with Crippen LogP contribution in [0.1, 0.15) is 42.5 Å². The summed E-state index contributed by atoms with van der Waals surface area (Å²) in [5.74, 6) is 7.52. The van der Waals surface area contributed by atoms with Gasteiger partial charge in [-0.2, -0.15) is 0 Å². The van der Waals surface area contributed by atoms with Gasteiger partial charge in [0.05, 0.1) is 35.8 Å². The minimum Gasteiger partial charge on any atom is -0.497 e. The number of benzene rings is 1. The van der Waals surface area contributed by atoms with Crippen molar-refractivity contribution >= 4 is 28.2 Å². The zero-order valence-corrected chi connectivity index (χ0v) is 20.4. The molecule has 0 spiro atoms. The molecule has 1 aliphatic rings. The lowest BCUT2D eigenvalue weighted by Gasteiger charge is -2.38. The molecule has 1 fully saturated rings. The predicted molar refractivity (Wildman–Crippen MR) is 135 cm³/mol. The molecule has 1 aromatic carbocycles. The first-order valence-corrected chi connectivity index (χ1v) is 12.7. The van der Waals surface area contributed by atoms with Crippen molar-refractivity contribution in [2.75, 3.05) is 26.7 Å². The van der Waals surface area contributed by atoms with Gasteiger partial charge in [0.2, 0.25) is 0 Å². The number of rotatable bonds is 9. The summed E-state index contributed by atoms with van der Waals surface area (Å²) in [6, 6.07) is 8.13. The van der Waals surface area contributed by atoms with Gasteiger partial charge in [-0.1, -0.05) is 11.8 Å². The van der Waals surface area contributed by atoms with E-state index < -0.39 is 5.97 Å². The Kier molecular flexibility index (Phi) is 8.51. The van der Waals surface area contributed by atoms with Crippen molar-refractivity contribution in [1.82, 2.24) is 14.9 Å². The number of pyridine rings is 1. The maximum atomic E-state index is 11.3. The summed E-state index contributed by atoms with van der Waals surface area (Å²) in [7, 11) is 1.69. The highest BCUT2D eigenvalue weighted by molar-refractivity contribution is 7.10. The van der Waals surface area contributed by atoms with Crippen LogP contribution in [0.3, 0.4) is 0 Å². The van der Waals surface area contributed by atoms with Gasteiger partial charge in [0.15, 0.2) is 0 Å². The molecule has 3 aromatic rings. The predicted octanol–water partition coefficient (Wildman–Crippen LogP) is 4.88. The highest BCUT2D eigenvalue weighted by atomic mass is 32.1. The number of hydrogen-bond acceptors (Lipinski definition) is 6. The molecule has 1 N–H and O–H groups in total. The Morgan fingerprint density at radius 3 is 3.00 bits per heavy atom. The van der Waals surface area contributed by atoms with Gasteiger partial charge in [-0.05, 0) is 80.3 Å². The van der Waals surface area contributed by atoms with E-state index in [0.29, 0.717) is 11.8 Å². The first-order chi connectivity index (χ1) is 16.6. The second kappa shape index (κ2) is 12.0. The Morgan fingerprint density at radius 2 is 2.21 bits per heavy atom. The Hall–Kier alpha value is -2.95. The minimum atomic E-state index is -0.710. The highest BCUT2D eigenvalue weighted by Gasteiger charge is 2.28. The van der Waals surface area contributed by atoms with Gasteiger partial charge < -0.3 is 9.84 Å². The lowest BCUT2D eigenvalue weighted by molar-refractivity contribution is -0.137. The number of fused-ring (bicyclic) bond motifs is 1. The molecule has 2 aromatic heterocycles. The number of carbonyl (C=O) groups is 1. The molecule has 3 heterocycles. The summed E-state index contributed by atoms with van der Waals surface area (Å²) >= 11 is 1.55. The number of hydrogen-bond donors (Lipinski definition) is 1. The second-order valence-corrected chi connectivity index (χ2v) is 9.78. The number of carboxylic acid groups (broad SMARTS) is 1. The van der Waals surface area contributed by atoms with Crippen molar-refractivity contribution in [1.29, 1.82) is 0 Å². The van der Waals surface area contributed by atoms with Crippen LogP contribution in [0.5, 0.6) is 5.75 Å². The molecule has 7 heteroatoms. The van der Waals surface area contributed by atoms with Crippen molar-refractivity contribution in [3.8, 4) is 17.6 Å². The zero-order valence-electron chi connectivity index (χ0n) is 19.6.